The zero-order valence-corrected chi connectivity index (χ0v) is 10.6. The zero-order valence-electron chi connectivity index (χ0n) is 10.6. The topological polar surface area (TPSA) is 35.2 Å². The first-order valence-electron chi connectivity index (χ1n) is 6.29. The lowest BCUT2D eigenvalue weighted by Gasteiger charge is -2.14. The van der Waals surface area contributed by atoms with E-state index in [1.165, 1.54) is 21.5 Å². The van der Waals surface area contributed by atoms with Crippen molar-refractivity contribution in [2.75, 3.05) is 12.8 Å². The normalized spacial score (nSPS) is 11.6. The van der Waals surface area contributed by atoms with Gasteiger partial charge in [0.15, 0.2) is 0 Å². The Labute approximate surface area is 110 Å². The molecule has 4 aromatic rings. The summed E-state index contributed by atoms with van der Waals surface area (Å²) in [5.74, 6) is 0.836. The number of nitrogen functional groups attached to an aromatic ring is 1. The van der Waals surface area contributed by atoms with Gasteiger partial charge in [0.05, 0.1) is 7.11 Å². The van der Waals surface area contributed by atoms with Crippen molar-refractivity contribution in [3.05, 3.63) is 48.5 Å². The molecule has 0 aliphatic carbocycles. The van der Waals surface area contributed by atoms with E-state index in [0.717, 1.165) is 22.2 Å². The summed E-state index contributed by atoms with van der Waals surface area (Å²) in [6.45, 7) is 0. The molecule has 0 spiro atoms. The molecule has 4 rings (SSSR count). The molecule has 0 heterocycles. The maximum Gasteiger partial charge on any atom is 0.128 e. The van der Waals surface area contributed by atoms with E-state index >= 15 is 0 Å². The number of hydrogen-bond donors (Lipinski definition) is 1. The minimum absolute atomic E-state index is 0.766. The molecule has 92 valence electrons. The van der Waals surface area contributed by atoms with Crippen LogP contribution in [0.1, 0.15) is 0 Å². The summed E-state index contributed by atoms with van der Waals surface area (Å²) in [4.78, 5) is 0. The first-order chi connectivity index (χ1) is 9.29. The molecule has 0 amide bonds. The van der Waals surface area contributed by atoms with Crippen LogP contribution in [0.4, 0.5) is 5.69 Å². The van der Waals surface area contributed by atoms with Gasteiger partial charge in [-0.15, -0.1) is 0 Å². The van der Waals surface area contributed by atoms with E-state index in [4.69, 9.17) is 10.5 Å². The number of anilines is 1. The predicted molar refractivity (Wildman–Crippen MR) is 81.1 cm³/mol. The molecule has 0 fully saturated rings. The maximum atomic E-state index is 6.16. The van der Waals surface area contributed by atoms with Crippen LogP contribution in [-0.4, -0.2) is 7.11 Å². The monoisotopic (exact) mass is 247 g/mol. The van der Waals surface area contributed by atoms with Crippen LogP contribution in [0.15, 0.2) is 48.5 Å². The largest absolute Gasteiger partial charge is 0.496 e. The van der Waals surface area contributed by atoms with Gasteiger partial charge in [0.25, 0.3) is 0 Å². The second kappa shape index (κ2) is 3.51. The Morgan fingerprint density at radius 2 is 1.53 bits per heavy atom. The summed E-state index contributed by atoms with van der Waals surface area (Å²) in [5.41, 5.74) is 6.93. The average Bonchev–Trinajstić information content (AvgIpc) is 2.46. The standard InChI is InChI=1S/C17H13NO/c1-19-15-9-14(18)12-7-5-10-3-2-4-11-6-8-13(15)17(12)16(10)11/h2-9H,18H2,1H3. The molecule has 0 radical (unpaired) electrons. The number of methoxy groups -OCH3 is 1. The Bertz CT molecular complexity index is 895. The molecule has 0 saturated carbocycles. The molecule has 0 atom stereocenters. The molecular formula is C17H13NO. The van der Waals surface area contributed by atoms with Crippen LogP contribution in [0.3, 0.4) is 0 Å². The van der Waals surface area contributed by atoms with E-state index in [2.05, 4.69) is 42.5 Å². The van der Waals surface area contributed by atoms with E-state index in [0.29, 0.717) is 0 Å². The number of nitrogens with two attached hydrogens (primary N) is 1. The van der Waals surface area contributed by atoms with Crippen LogP contribution < -0.4 is 10.5 Å². The van der Waals surface area contributed by atoms with Crippen molar-refractivity contribution in [3.8, 4) is 5.75 Å². The molecular weight excluding hydrogens is 234 g/mol. The Hall–Kier alpha value is -2.48. The molecule has 0 aliphatic rings. The molecule has 2 heteroatoms. The Morgan fingerprint density at radius 1 is 0.842 bits per heavy atom. The first kappa shape index (κ1) is 10.4. The van der Waals surface area contributed by atoms with E-state index in [-0.39, 0.29) is 0 Å². The lowest BCUT2D eigenvalue weighted by Crippen LogP contribution is -1.93. The smallest absolute Gasteiger partial charge is 0.128 e. The van der Waals surface area contributed by atoms with Crippen molar-refractivity contribution in [2.24, 2.45) is 0 Å². The van der Waals surface area contributed by atoms with Gasteiger partial charge in [0.2, 0.25) is 0 Å². The summed E-state index contributed by atoms with van der Waals surface area (Å²) in [6.07, 6.45) is 0. The van der Waals surface area contributed by atoms with Gasteiger partial charge in [-0.1, -0.05) is 36.4 Å². The van der Waals surface area contributed by atoms with Crippen LogP contribution in [0.5, 0.6) is 5.75 Å². The average molecular weight is 247 g/mol. The SMILES string of the molecule is COc1cc(N)c2ccc3cccc4ccc1c2c34. The number of benzene rings is 4. The van der Waals surface area contributed by atoms with E-state index in [1.807, 2.05) is 6.07 Å². The van der Waals surface area contributed by atoms with Gasteiger partial charge in [-0.3, -0.25) is 0 Å². The van der Waals surface area contributed by atoms with E-state index in [1.54, 1.807) is 7.11 Å². The first-order valence-corrected chi connectivity index (χ1v) is 6.29. The van der Waals surface area contributed by atoms with Crippen LogP contribution in [0, 0.1) is 0 Å². The van der Waals surface area contributed by atoms with Gasteiger partial charge in [-0.25, -0.2) is 0 Å². The highest BCUT2D eigenvalue weighted by molar-refractivity contribution is 6.26. The van der Waals surface area contributed by atoms with E-state index < -0.39 is 0 Å². The van der Waals surface area contributed by atoms with Crippen molar-refractivity contribution < 1.29 is 4.74 Å². The summed E-state index contributed by atoms with van der Waals surface area (Å²) >= 11 is 0. The number of ether oxygens (including phenoxy) is 1. The molecule has 0 bridgehead atoms. The van der Waals surface area contributed by atoms with Gasteiger partial charge in [0, 0.05) is 27.9 Å². The lowest BCUT2D eigenvalue weighted by molar-refractivity contribution is 0.420. The third kappa shape index (κ3) is 1.26. The number of hydrogen-bond acceptors (Lipinski definition) is 2. The third-order valence-corrected chi connectivity index (χ3v) is 3.86. The van der Waals surface area contributed by atoms with Crippen molar-refractivity contribution in [3.63, 3.8) is 0 Å². The molecule has 0 aromatic heterocycles. The van der Waals surface area contributed by atoms with Crippen LogP contribution in [-0.2, 0) is 0 Å². The minimum Gasteiger partial charge on any atom is -0.496 e. The minimum atomic E-state index is 0.766. The molecule has 2 N–H and O–H groups in total. The van der Waals surface area contributed by atoms with Crippen molar-refractivity contribution in [2.45, 2.75) is 0 Å². The number of rotatable bonds is 1. The van der Waals surface area contributed by atoms with Crippen LogP contribution in [0.25, 0.3) is 32.3 Å². The fourth-order valence-corrected chi connectivity index (χ4v) is 2.99. The fourth-order valence-electron chi connectivity index (χ4n) is 2.99. The molecule has 19 heavy (non-hydrogen) atoms. The molecule has 4 aromatic carbocycles. The summed E-state index contributed by atoms with van der Waals surface area (Å²) in [7, 11) is 1.69. The highest BCUT2D eigenvalue weighted by atomic mass is 16.5. The molecule has 0 unspecified atom stereocenters. The summed E-state index contributed by atoms with van der Waals surface area (Å²) in [5, 5.41) is 7.16. The second-order valence-corrected chi connectivity index (χ2v) is 4.85. The van der Waals surface area contributed by atoms with Gasteiger partial charge < -0.3 is 10.5 Å². The Kier molecular flexibility index (Phi) is 1.93. The fraction of sp³-hybridized carbons (Fsp3) is 0.0588. The molecule has 0 saturated heterocycles. The van der Waals surface area contributed by atoms with Gasteiger partial charge >= 0.3 is 0 Å². The van der Waals surface area contributed by atoms with Crippen molar-refractivity contribution in [1.29, 1.82) is 0 Å². The maximum absolute atomic E-state index is 6.16. The Balaban J connectivity index is 2.41. The summed E-state index contributed by atoms with van der Waals surface area (Å²) < 4.78 is 5.47. The molecule has 0 aliphatic heterocycles. The Morgan fingerprint density at radius 3 is 2.21 bits per heavy atom. The van der Waals surface area contributed by atoms with Crippen LogP contribution in [0.2, 0.25) is 0 Å². The van der Waals surface area contributed by atoms with Gasteiger partial charge in [-0.05, 0) is 22.2 Å². The quantitative estimate of drug-likeness (QED) is 0.404. The van der Waals surface area contributed by atoms with Crippen molar-refractivity contribution >= 4 is 38.0 Å². The third-order valence-electron chi connectivity index (χ3n) is 3.86. The lowest BCUT2D eigenvalue weighted by atomic mass is 9.93. The zero-order chi connectivity index (χ0) is 13.0. The predicted octanol–water partition coefficient (Wildman–Crippen LogP) is 4.17. The summed E-state index contributed by atoms with van der Waals surface area (Å²) in [6, 6.07) is 16.7. The molecule has 2 nitrogen and oxygen atoms in total. The van der Waals surface area contributed by atoms with Gasteiger partial charge in [0.1, 0.15) is 5.75 Å². The van der Waals surface area contributed by atoms with Crippen LogP contribution >= 0.6 is 0 Å². The van der Waals surface area contributed by atoms with Crippen molar-refractivity contribution in [1.82, 2.24) is 0 Å². The second-order valence-electron chi connectivity index (χ2n) is 4.85. The highest BCUT2D eigenvalue weighted by Crippen LogP contribution is 2.41. The van der Waals surface area contributed by atoms with E-state index in [9.17, 15) is 0 Å². The van der Waals surface area contributed by atoms with Gasteiger partial charge in [-0.2, -0.15) is 0 Å². The highest BCUT2D eigenvalue weighted by Gasteiger charge is 2.13.